The summed E-state index contributed by atoms with van der Waals surface area (Å²) < 4.78 is 0. The molecule has 0 bridgehead atoms. The molecule has 0 fully saturated rings. The predicted molar refractivity (Wildman–Crippen MR) is 84.1 cm³/mol. The lowest BCUT2D eigenvalue weighted by atomic mass is 10.0. The van der Waals surface area contributed by atoms with Crippen LogP contribution in [0.3, 0.4) is 0 Å². The summed E-state index contributed by atoms with van der Waals surface area (Å²) in [5.74, 6) is 0.633. The van der Waals surface area contributed by atoms with Crippen molar-refractivity contribution in [1.82, 2.24) is 4.90 Å². The molecule has 0 saturated heterocycles. The van der Waals surface area contributed by atoms with Crippen molar-refractivity contribution in [2.45, 2.75) is 33.2 Å². The Kier molecular flexibility index (Phi) is 4.98. The first-order valence-electron chi connectivity index (χ1n) is 7.32. The van der Waals surface area contributed by atoms with E-state index in [4.69, 9.17) is 0 Å². The highest BCUT2D eigenvalue weighted by Gasteiger charge is 2.15. The van der Waals surface area contributed by atoms with E-state index in [0.29, 0.717) is 5.92 Å². The van der Waals surface area contributed by atoms with Crippen LogP contribution >= 0.6 is 0 Å². The molecule has 0 amide bonds. The second-order valence-electron chi connectivity index (χ2n) is 5.57. The molecule has 0 spiro atoms. The second kappa shape index (κ2) is 6.72. The van der Waals surface area contributed by atoms with Crippen LogP contribution in [0.25, 0.3) is 6.08 Å². The Morgan fingerprint density at radius 2 is 2.21 bits per heavy atom. The molecule has 19 heavy (non-hydrogen) atoms. The number of rotatable bonds is 4. The molecule has 1 aromatic carbocycles. The van der Waals surface area contributed by atoms with Crippen molar-refractivity contribution >= 4 is 6.08 Å². The van der Waals surface area contributed by atoms with Crippen LogP contribution in [0.15, 0.2) is 36.9 Å². The Bertz CT molecular complexity index is 459. The largest absolute Gasteiger partial charge is 0.298 e. The summed E-state index contributed by atoms with van der Waals surface area (Å²) in [5.41, 5.74) is 4.25. The van der Waals surface area contributed by atoms with Gasteiger partial charge in [0.25, 0.3) is 0 Å². The van der Waals surface area contributed by atoms with Gasteiger partial charge in [-0.1, -0.05) is 49.9 Å². The summed E-state index contributed by atoms with van der Waals surface area (Å²) in [7, 11) is 0. The maximum atomic E-state index is 3.87. The van der Waals surface area contributed by atoms with Gasteiger partial charge in [-0.05, 0) is 48.9 Å². The molecule has 0 N–H and O–H groups in total. The normalized spacial score (nSPS) is 18.0. The zero-order valence-corrected chi connectivity index (χ0v) is 12.2. The number of allylic oxidation sites excluding steroid dienone is 1. The van der Waals surface area contributed by atoms with Crippen molar-refractivity contribution in [3.05, 3.63) is 53.6 Å². The molecule has 1 nitrogen and oxygen atoms in total. The van der Waals surface area contributed by atoms with Gasteiger partial charge in [-0.15, -0.1) is 0 Å². The van der Waals surface area contributed by atoms with Crippen molar-refractivity contribution in [3.63, 3.8) is 0 Å². The summed E-state index contributed by atoms with van der Waals surface area (Å²) in [4.78, 5) is 2.59. The summed E-state index contributed by atoms with van der Waals surface area (Å²) in [6.45, 7) is 11.7. The fourth-order valence-corrected chi connectivity index (χ4v) is 2.93. The zero-order chi connectivity index (χ0) is 13.7. The molecule has 0 aliphatic carbocycles. The fraction of sp³-hybridized carbons (Fsp3) is 0.444. The van der Waals surface area contributed by atoms with Gasteiger partial charge >= 0.3 is 0 Å². The van der Waals surface area contributed by atoms with E-state index in [1.54, 1.807) is 0 Å². The quantitative estimate of drug-likeness (QED) is 0.725. The number of aryl methyl sites for hydroxylation is 1. The van der Waals surface area contributed by atoms with Gasteiger partial charge in [0.1, 0.15) is 0 Å². The first-order valence-corrected chi connectivity index (χ1v) is 7.32. The van der Waals surface area contributed by atoms with Crippen LogP contribution in [0.5, 0.6) is 0 Å². The minimum atomic E-state index is 0.633. The zero-order valence-electron chi connectivity index (χ0n) is 12.2. The molecule has 1 heterocycles. The Hall–Kier alpha value is -1.34. The maximum Gasteiger partial charge on any atom is 0.0236 e. The van der Waals surface area contributed by atoms with E-state index in [0.717, 1.165) is 13.1 Å². The monoisotopic (exact) mass is 255 g/mol. The lowest BCUT2D eigenvalue weighted by Crippen LogP contribution is -2.27. The number of hydrogen-bond donors (Lipinski definition) is 0. The Morgan fingerprint density at radius 1 is 1.37 bits per heavy atom. The van der Waals surface area contributed by atoms with Crippen LogP contribution < -0.4 is 0 Å². The van der Waals surface area contributed by atoms with Crippen LogP contribution in [-0.2, 0) is 13.0 Å². The summed E-state index contributed by atoms with van der Waals surface area (Å²) in [6.07, 6.45) is 8.88. The third-order valence-corrected chi connectivity index (χ3v) is 3.85. The molecule has 0 radical (unpaired) electrons. The third-order valence-electron chi connectivity index (χ3n) is 3.85. The van der Waals surface area contributed by atoms with Crippen molar-refractivity contribution in [2.24, 2.45) is 5.92 Å². The molecule has 1 atom stereocenters. The third kappa shape index (κ3) is 3.81. The van der Waals surface area contributed by atoms with E-state index in [1.165, 1.54) is 36.1 Å². The average Bonchev–Trinajstić information content (AvgIpc) is 2.59. The first-order chi connectivity index (χ1) is 9.22. The molecular weight excluding hydrogens is 230 g/mol. The van der Waals surface area contributed by atoms with E-state index in [9.17, 15) is 0 Å². The van der Waals surface area contributed by atoms with Gasteiger partial charge in [0.2, 0.25) is 0 Å². The van der Waals surface area contributed by atoms with E-state index < -0.39 is 0 Å². The van der Waals surface area contributed by atoms with Gasteiger partial charge in [-0.3, -0.25) is 4.90 Å². The molecule has 1 aliphatic rings. The molecule has 0 aromatic heterocycles. The van der Waals surface area contributed by atoms with Crippen LogP contribution in [0.1, 0.15) is 37.0 Å². The molecule has 2 rings (SSSR count). The molecule has 1 heteroatoms. The minimum Gasteiger partial charge on any atom is -0.298 e. The Balaban J connectivity index is 2.12. The highest BCUT2D eigenvalue weighted by atomic mass is 15.1. The molecule has 102 valence electrons. The van der Waals surface area contributed by atoms with Crippen molar-refractivity contribution in [1.29, 1.82) is 0 Å². The summed E-state index contributed by atoms with van der Waals surface area (Å²) >= 11 is 0. The van der Waals surface area contributed by atoms with Gasteiger partial charge < -0.3 is 0 Å². The van der Waals surface area contributed by atoms with Crippen LogP contribution in [0, 0.1) is 5.92 Å². The lowest BCUT2D eigenvalue weighted by molar-refractivity contribution is 0.249. The first kappa shape index (κ1) is 14.1. The van der Waals surface area contributed by atoms with E-state index in [2.05, 4.69) is 55.7 Å². The Morgan fingerprint density at radius 3 is 2.95 bits per heavy atom. The highest BCUT2D eigenvalue weighted by Crippen LogP contribution is 2.21. The van der Waals surface area contributed by atoms with Crippen molar-refractivity contribution in [2.75, 3.05) is 13.1 Å². The maximum absolute atomic E-state index is 3.87. The Labute approximate surface area is 117 Å². The van der Waals surface area contributed by atoms with E-state index >= 15 is 0 Å². The van der Waals surface area contributed by atoms with Crippen LogP contribution in [0.2, 0.25) is 0 Å². The molecule has 1 unspecified atom stereocenters. The number of fused-ring (bicyclic) bond motifs is 1. The van der Waals surface area contributed by atoms with Crippen molar-refractivity contribution < 1.29 is 0 Å². The van der Waals surface area contributed by atoms with Crippen molar-refractivity contribution in [3.8, 4) is 0 Å². The van der Waals surface area contributed by atoms with Gasteiger partial charge in [0.05, 0.1) is 0 Å². The minimum absolute atomic E-state index is 0.633. The summed E-state index contributed by atoms with van der Waals surface area (Å²) in [5, 5.41) is 0. The SMILES string of the molecule is C=Cc1ccc2c(c1)CN(CC(C)/C=C\C)CCC2. The van der Waals surface area contributed by atoms with Crippen LogP contribution in [-0.4, -0.2) is 18.0 Å². The number of hydrogen-bond acceptors (Lipinski definition) is 1. The standard InChI is InChI=1S/C18H25N/c1-4-7-15(3)13-19-11-6-8-17-10-9-16(5-2)12-18(17)14-19/h4-5,7,9-10,12,15H,2,6,8,11,13-14H2,1,3H3/b7-4-. The number of benzene rings is 1. The van der Waals surface area contributed by atoms with Gasteiger partial charge in [0, 0.05) is 13.1 Å². The molecule has 1 aromatic rings. The predicted octanol–water partition coefficient (Wildman–Crippen LogP) is 4.29. The number of nitrogens with zero attached hydrogens (tertiary/aromatic N) is 1. The smallest absolute Gasteiger partial charge is 0.0236 e. The highest BCUT2D eigenvalue weighted by molar-refractivity contribution is 5.50. The average molecular weight is 255 g/mol. The molecular formula is C18H25N. The topological polar surface area (TPSA) is 3.24 Å². The lowest BCUT2D eigenvalue weighted by Gasteiger charge is -2.23. The van der Waals surface area contributed by atoms with E-state index in [1.807, 2.05) is 6.08 Å². The summed E-state index contributed by atoms with van der Waals surface area (Å²) in [6, 6.07) is 6.77. The molecule has 1 aliphatic heterocycles. The van der Waals surface area contributed by atoms with Gasteiger partial charge in [0.15, 0.2) is 0 Å². The van der Waals surface area contributed by atoms with Crippen LogP contribution in [0.4, 0.5) is 0 Å². The second-order valence-corrected chi connectivity index (χ2v) is 5.57. The fourth-order valence-electron chi connectivity index (χ4n) is 2.93. The van der Waals surface area contributed by atoms with Gasteiger partial charge in [-0.25, -0.2) is 0 Å². The van der Waals surface area contributed by atoms with Gasteiger partial charge in [-0.2, -0.15) is 0 Å². The molecule has 0 saturated carbocycles. The van der Waals surface area contributed by atoms with E-state index in [-0.39, 0.29) is 0 Å².